The standard InChI is InChI=1S/C23H16N2O3/c26-23(28-21-7-3-5-15-4-1-2-6-19(15)21)25-17-8-9-20-18-10-11-24-13-16(18)14-27-22(20)12-17/h1-13H,14H2,(H,25,26). The second-order valence-electron chi connectivity index (χ2n) is 6.52. The first-order valence-electron chi connectivity index (χ1n) is 8.95. The molecule has 0 aliphatic carbocycles. The van der Waals surface area contributed by atoms with Crippen LogP contribution < -0.4 is 14.8 Å². The lowest BCUT2D eigenvalue weighted by Crippen LogP contribution is -2.17. The molecule has 2 heterocycles. The maximum atomic E-state index is 12.4. The molecule has 5 rings (SSSR count). The maximum absolute atomic E-state index is 12.4. The molecule has 4 aromatic rings. The molecule has 5 nitrogen and oxygen atoms in total. The molecule has 0 unspecified atom stereocenters. The number of rotatable bonds is 2. The third kappa shape index (κ3) is 2.93. The van der Waals surface area contributed by atoms with Crippen LogP contribution in [0.25, 0.3) is 21.9 Å². The van der Waals surface area contributed by atoms with Crippen molar-refractivity contribution in [1.82, 2.24) is 4.98 Å². The number of carbonyl (C=O) groups excluding carboxylic acids is 1. The molecule has 5 heteroatoms. The van der Waals surface area contributed by atoms with Crippen molar-refractivity contribution in [2.24, 2.45) is 0 Å². The molecule has 3 aromatic carbocycles. The fraction of sp³-hybridized carbons (Fsp3) is 0.0435. The van der Waals surface area contributed by atoms with Crippen molar-refractivity contribution in [3.8, 4) is 22.6 Å². The van der Waals surface area contributed by atoms with E-state index in [1.165, 1.54) is 0 Å². The number of amides is 1. The van der Waals surface area contributed by atoms with Gasteiger partial charge in [0.05, 0.1) is 0 Å². The Hall–Kier alpha value is -3.86. The Bertz CT molecular complexity index is 1200. The quantitative estimate of drug-likeness (QED) is 0.514. The molecule has 0 fully saturated rings. The van der Waals surface area contributed by atoms with E-state index in [2.05, 4.69) is 10.3 Å². The van der Waals surface area contributed by atoms with Crippen LogP contribution >= 0.6 is 0 Å². The van der Waals surface area contributed by atoms with E-state index in [-0.39, 0.29) is 0 Å². The molecule has 1 N–H and O–H groups in total. The average Bonchev–Trinajstić information content (AvgIpc) is 2.74. The second-order valence-corrected chi connectivity index (χ2v) is 6.52. The van der Waals surface area contributed by atoms with Crippen LogP contribution in [-0.4, -0.2) is 11.1 Å². The number of nitrogens with zero attached hydrogens (tertiary/aromatic N) is 1. The number of fused-ring (bicyclic) bond motifs is 4. The molecule has 28 heavy (non-hydrogen) atoms. The third-order valence-corrected chi connectivity index (χ3v) is 4.76. The van der Waals surface area contributed by atoms with Crippen molar-refractivity contribution in [1.29, 1.82) is 0 Å². The molecule has 136 valence electrons. The van der Waals surface area contributed by atoms with Gasteiger partial charge in [-0.25, -0.2) is 4.79 Å². The molecule has 1 aliphatic heterocycles. The van der Waals surface area contributed by atoms with Gasteiger partial charge in [0, 0.05) is 40.7 Å². The molecule has 1 aliphatic rings. The highest BCUT2D eigenvalue weighted by Crippen LogP contribution is 2.38. The maximum Gasteiger partial charge on any atom is 0.417 e. The van der Waals surface area contributed by atoms with Crippen molar-refractivity contribution >= 4 is 22.6 Å². The highest BCUT2D eigenvalue weighted by Gasteiger charge is 2.18. The highest BCUT2D eigenvalue weighted by molar-refractivity contribution is 5.93. The Morgan fingerprint density at radius 2 is 1.89 bits per heavy atom. The van der Waals surface area contributed by atoms with E-state index >= 15 is 0 Å². The third-order valence-electron chi connectivity index (χ3n) is 4.76. The monoisotopic (exact) mass is 368 g/mol. The SMILES string of the molecule is O=C(Nc1ccc2c(c1)OCc1cnccc1-2)Oc1cccc2ccccc12. The fourth-order valence-corrected chi connectivity index (χ4v) is 3.43. The predicted molar refractivity (Wildman–Crippen MR) is 108 cm³/mol. The van der Waals surface area contributed by atoms with Crippen LogP contribution in [0, 0.1) is 0 Å². The van der Waals surface area contributed by atoms with E-state index in [4.69, 9.17) is 9.47 Å². The molecule has 0 saturated carbocycles. The van der Waals surface area contributed by atoms with E-state index in [0.717, 1.165) is 33.2 Å². The molecular formula is C23H16N2O3. The molecule has 1 amide bonds. The summed E-state index contributed by atoms with van der Waals surface area (Å²) in [7, 11) is 0. The normalized spacial score (nSPS) is 11.9. The first-order chi connectivity index (χ1) is 13.8. The van der Waals surface area contributed by atoms with Gasteiger partial charge in [0.2, 0.25) is 0 Å². The number of nitrogens with one attached hydrogen (secondary N) is 1. The lowest BCUT2D eigenvalue weighted by molar-refractivity contribution is 0.215. The van der Waals surface area contributed by atoms with E-state index in [1.54, 1.807) is 12.3 Å². The number of benzene rings is 3. The zero-order valence-corrected chi connectivity index (χ0v) is 14.9. The molecule has 1 aromatic heterocycles. The summed E-state index contributed by atoms with van der Waals surface area (Å²) in [4.78, 5) is 16.5. The lowest BCUT2D eigenvalue weighted by atomic mass is 9.99. The van der Waals surface area contributed by atoms with Crippen molar-refractivity contribution in [3.05, 3.63) is 84.7 Å². The smallest absolute Gasteiger partial charge is 0.417 e. The zero-order valence-electron chi connectivity index (χ0n) is 14.9. The van der Waals surface area contributed by atoms with Crippen molar-refractivity contribution in [3.63, 3.8) is 0 Å². The van der Waals surface area contributed by atoms with Gasteiger partial charge in [-0.1, -0.05) is 36.4 Å². The number of aromatic nitrogens is 1. The van der Waals surface area contributed by atoms with Crippen LogP contribution in [0.15, 0.2) is 79.1 Å². The Morgan fingerprint density at radius 3 is 2.86 bits per heavy atom. The van der Waals surface area contributed by atoms with Crippen LogP contribution in [-0.2, 0) is 6.61 Å². The van der Waals surface area contributed by atoms with Gasteiger partial charge >= 0.3 is 6.09 Å². The summed E-state index contributed by atoms with van der Waals surface area (Å²) in [5.41, 5.74) is 3.74. The van der Waals surface area contributed by atoms with E-state index in [9.17, 15) is 4.79 Å². The number of carbonyl (C=O) groups is 1. The van der Waals surface area contributed by atoms with Gasteiger partial charge in [0.15, 0.2) is 0 Å². The van der Waals surface area contributed by atoms with Gasteiger partial charge < -0.3 is 9.47 Å². The van der Waals surface area contributed by atoms with Crippen molar-refractivity contribution in [2.45, 2.75) is 6.61 Å². The minimum Gasteiger partial charge on any atom is -0.488 e. The molecule has 0 spiro atoms. The Morgan fingerprint density at radius 1 is 1.00 bits per heavy atom. The van der Waals surface area contributed by atoms with Gasteiger partial charge in [-0.2, -0.15) is 0 Å². The van der Waals surface area contributed by atoms with Crippen molar-refractivity contribution < 1.29 is 14.3 Å². The summed E-state index contributed by atoms with van der Waals surface area (Å²) in [6, 6.07) is 21.0. The fourth-order valence-electron chi connectivity index (χ4n) is 3.43. The number of ether oxygens (including phenoxy) is 2. The van der Waals surface area contributed by atoms with Crippen LogP contribution in [0.5, 0.6) is 11.5 Å². The highest BCUT2D eigenvalue weighted by atomic mass is 16.6. The van der Waals surface area contributed by atoms with Crippen LogP contribution in [0.3, 0.4) is 0 Å². The minimum atomic E-state index is -0.545. The average molecular weight is 368 g/mol. The molecular weight excluding hydrogens is 352 g/mol. The van der Waals surface area contributed by atoms with Gasteiger partial charge in [-0.05, 0) is 35.2 Å². The molecule has 0 bridgehead atoms. The minimum absolute atomic E-state index is 0.458. The number of pyridine rings is 1. The first-order valence-corrected chi connectivity index (χ1v) is 8.95. The summed E-state index contributed by atoms with van der Waals surface area (Å²) < 4.78 is 11.3. The molecule has 0 radical (unpaired) electrons. The predicted octanol–water partition coefficient (Wildman–Crippen LogP) is 5.41. The lowest BCUT2D eigenvalue weighted by Gasteiger charge is -2.21. The summed E-state index contributed by atoms with van der Waals surface area (Å²) in [6.45, 7) is 0.458. The Kier molecular flexibility index (Phi) is 3.91. The second kappa shape index (κ2) is 6.70. The summed E-state index contributed by atoms with van der Waals surface area (Å²) in [6.07, 6.45) is 3.03. The van der Waals surface area contributed by atoms with Crippen LogP contribution in [0.1, 0.15) is 5.56 Å². The van der Waals surface area contributed by atoms with Gasteiger partial charge in [0.1, 0.15) is 18.1 Å². The Labute approximate surface area is 161 Å². The van der Waals surface area contributed by atoms with Crippen LogP contribution in [0.4, 0.5) is 10.5 Å². The number of hydrogen-bond donors (Lipinski definition) is 1. The van der Waals surface area contributed by atoms with E-state index in [0.29, 0.717) is 18.0 Å². The van der Waals surface area contributed by atoms with E-state index < -0.39 is 6.09 Å². The van der Waals surface area contributed by atoms with Crippen molar-refractivity contribution in [2.75, 3.05) is 5.32 Å². The Balaban J connectivity index is 1.38. The molecule has 0 atom stereocenters. The van der Waals surface area contributed by atoms with E-state index in [1.807, 2.05) is 66.9 Å². The summed E-state index contributed by atoms with van der Waals surface area (Å²) >= 11 is 0. The topological polar surface area (TPSA) is 60.5 Å². The first kappa shape index (κ1) is 16.3. The van der Waals surface area contributed by atoms with Gasteiger partial charge in [-0.3, -0.25) is 10.3 Å². The van der Waals surface area contributed by atoms with Crippen LogP contribution in [0.2, 0.25) is 0 Å². The van der Waals surface area contributed by atoms with Gasteiger partial charge in [-0.15, -0.1) is 0 Å². The number of hydrogen-bond acceptors (Lipinski definition) is 4. The summed E-state index contributed by atoms with van der Waals surface area (Å²) in [5, 5.41) is 4.68. The largest absolute Gasteiger partial charge is 0.488 e. The molecule has 0 saturated heterocycles. The van der Waals surface area contributed by atoms with Gasteiger partial charge in [0.25, 0.3) is 0 Å². The zero-order chi connectivity index (χ0) is 18.9. The summed E-state index contributed by atoms with van der Waals surface area (Å²) in [5.74, 6) is 1.24. The number of anilines is 1.